The standard InChI is InChI=1S/C17H19F3N2O2/c1-11-5-6-13(12(2)10-11)21-16(24)14-4-3-8-22(14)9-7-15(23)17(18,19)20/h5-7,9-10,14H,3-4,8H2,1-2H3,(H,21,24)/b9-7+/t14-/m1/s1. The van der Waals surface area contributed by atoms with E-state index in [1.54, 1.807) is 6.07 Å². The van der Waals surface area contributed by atoms with Gasteiger partial charge < -0.3 is 10.2 Å². The molecule has 7 heteroatoms. The maximum atomic E-state index is 12.4. The van der Waals surface area contributed by atoms with Crippen molar-refractivity contribution in [2.24, 2.45) is 0 Å². The number of carbonyl (C=O) groups is 2. The van der Waals surface area contributed by atoms with Gasteiger partial charge in [0.05, 0.1) is 0 Å². The third-order valence-electron chi connectivity index (χ3n) is 3.93. The lowest BCUT2D eigenvalue weighted by molar-refractivity contribution is -0.165. The second-order valence-electron chi connectivity index (χ2n) is 5.88. The van der Waals surface area contributed by atoms with Gasteiger partial charge in [0.25, 0.3) is 5.78 Å². The zero-order valence-electron chi connectivity index (χ0n) is 13.5. The molecule has 1 aliphatic rings. The molecule has 1 N–H and O–H groups in total. The van der Waals surface area contributed by atoms with Crippen molar-refractivity contribution in [3.05, 3.63) is 41.6 Å². The Hall–Kier alpha value is -2.31. The van der Waals surface area contributed by atoms with Gasteiger partial charge in [0.15, 0.2) is 0 Å². The highest BCUT2D eigenvalue weighted by atomic mass is 19.4. The van der Waals surface area contributed by atoms with Crippen LogP contribution in [0, 0.1) is 13.8 Å². The monoisotopic (exact) mass is 340 g/mol. The van der Waals surface area contributed by atoms with E-state index >= 15 is 0 Å². The Labute approximate surface area is 138 Å². The SMILES string of the molecule is Cc1ccc(NC(=O)[C@H]2CCCN2/C=C/C(=O)C(F)(F)F)c(C)c1. The second kappa shape index (κ2) is 7.07. The molecule has 1 amide bonds. The molecule has 1 saturated heterocycles. The van der Waals surface area contributed by atoms with Gasteiger partial charge in [-0.25, -0.2) is 0 Å². The minimum absolute atomic E-state index is 0.288. The van der Waals surface area contributed by atoms with Gasteiger partial charge in [-0.1, -0.05) is 17.7 Å². The van der Waals surface area contributed by atoms with Gasteiger partial charge in [-0.3, -0.25) is 9.59 Å². The number of likely N-dealkylation sites (tertiary alicyclic amines) is 1. The first kappa shape index (κ1) is 18.0. The molecule has 1 atom stereocenters. The summed E-state index contributed by atoms with van der Waals surface area (Å²) in [5.41, 5.74) is 2.66. The van der Waals surface area contributed by atoms with Gasteiger partial charge in [-0.2, -0.15) is 13.2 Å². The first-order valence-corrected chi connectivity index (χ1v) is 7.61. The van der Waals surface area contributed by atoms with Crippen molar-refractivity contribution in [1.29, 1.82) is 0 Å². The fraction of sp³-hybridized carbons (Fsp3) is 0.412. The van der Waals surface area contributed by atoms with Gasteiger partial charge in [0, 0.05) is 24.5 Å². The number of hydrogen-bond acceptors (Lipinski definition) is 3. The van der Waals surface area contributed by atoms with E-state index in [1.807, 2.05) is 26.0 Å². The first-order valence-electron chi connectivity index (χ1n) is 7.61. The molecule has 0 radical (unpaired) electrons. The molecule has 0 saturated carbocycles. The van der Waals surface area contributed by atoms with Crippen molar-refractivity contribution in [3.8, 4) is 0 Å². The van der Waals surface area contributed by atoms with E-state index in [9.17, 15) is 22.8 Å². The van der Waals surface area contributed by atoms with Gasteiger partial charge >= 0.3 is 6.18 Å². The number of allylic oxidation sites excluding steroid dienone is 1. The number of carbonyl (C=O) groups excluding carboxylic acids is 2. The number of hydrogen-bond donors (Lipinski definition) is 1. The summed E-state index contributed by atoms with van der Waals surface area (Å²) in [4.78, 5) is 24.8. The maximum absolute atomic E-state index is 12.4. The number of anilines is 1. The maximum Gasteiger partial charge on any atom is 0.454 e. The Bertz CT molecular complexity index is 668. The molecular weight excluding hydrogens is 321 g/mol. The van der Waals surface area contributed by atoms with Crippen LogP contribution in [0.3, 0.4) is 0 Å². The number of halogens is 3. The third kappa shape index (κ3) is 4.37. The normalized spacial score (nSPS) is 18.2. The van der Waals surface area contributed by atoms with E-state index in [2.05, 4.69) is 5.32 Å². The number of rotatable bonds is 4. The summed E-state index contributed by atoms with van der Waals surface area (Å²) in [7, 11) is 0. The number of amides is 1. The predicted octanol–water partition coefficient (Wildman–Crippen LogP) is 3.35. The number of ketones is 1. The zero-order valence-corrected chi connectivity index (χ0v) is 13.5. The summed E-state index contributed by atoms with van der Waals surface area (Å²) in [6.45, 7) is 4.25. The molecule has 0 unspecified atom stereocenters. The largest absolute Gasteiger partial charge is 0.454 e. The fourth-order valence-corrected chi connectivity index (χ4v) is 2.68. The Morgan fingerprint density at radius 1 is 1.29 bits per heavy atom. The average molecular weight is 340 g/mol. The van der Waals surface area contributed by atoms with Crippen molar-refractivity contribution < 1.29 is 22.8 Å². The van der Waals surface area contributed by atoms with Crippen LogP contribution in [0.1, 0.15) is 24.0 Å². The summed E-state index contributed by atoms with van der Waals surface area (Å²) >= 11 is 0. The molecule has 0 aromatic heterocycles. The van der Waals surface area contributed by atoms with Crippen molar-refractivity contribution in [1.82, 2.24) is 4.90 Å². The molecule has 130 valence electrons. The Balaban J connectivity index is 2.05. The molecule has 0 aliphatic carbocycles. The minimum atomic E-state index is -4.90. The van der Waals surface area contributed by atoms with Crippen LogP contribution in [0.2, 0.25) is 0 Å². The Morgan fingerprint density at radius 2 is 2.00 bits per heavy atom. The van der Waals surface area contributed by atoms with E-state index in [-0.39, 0.29) is 5.91 Å². The lowest BCUT2D eigenvalue weighted by Gasteiger charge is -2.22. The van der Waals surface area contributed by atoms with Crippen LogP contribution >= 0.6 is 0 Å². The van der Waals surface area contributed by atoms with Crippen LogP contribution in [-0.4, -0.2) is 35.4 Å². The number of benzene rings is 1. The molecule has 2 rings (SSSR count). The van der Waals surface area contributed by atoms with Crippen LogP contribution in [0.4, 0.5) is 18.9 Å². The number of nitrogens with zero attached hydrogens (tertiary/aromatic N) is 1. The molecule has 4 nitrogen and oxygen atoms in total. The summed E-state index contributed by atoms with van der Waals surface area (Å²) in [6, 6.07) is 5.02. The fourth-order valence-electron chi connectivity index (χ4n) is 2.68. The van der Waals surface area contributed by atoms with Crippen LogP contribution in [0.5, 0.6) is 0 Å². The van der Waals surface area contributed by atoms with Gasteiger partial charge in [0.1, 0.15) is 6.04 Å². The molecule has 0 spiro atoms. The van der Waals surface area contributed by atoms with Crippen molar-refractivity contribution in [2.45, 2.75) is 38.9 Å². The molecule has 24 heavy (non-hydrogen) atoms. The lowest BCUT2D eigenvalue weighted by atomic mass is 10.1. The molecule has 0 bridgehead atoms. The topological polar surface area (TPSA) is 49.4 Å². The van der Waals surface area contributed by atoms with Crippen LogP contribution in [0.15, 0.2) is 30.5 Å². The zero-order chi connectivity index (χ0) is 17.9. The van der Waals surface area contributed by atoms with Crippen LogP contribution in [-0.2, 0) is 9.59 Å². The van der Waals surface area contributed by atoms with E-state index in [1.165, 1.54) is 4.90 Å². The smallest absolute Gasteiger partial charge is 0.365 e. The van der Waals surface area contributed by atoms with Crippen molar-refractivity contribution in [3.63, 3.8) is 0 Å². The van der Waals surface area contributed by atoms with Crippen LogP contribution < -0.4 is 5.32 Å². The van der Waals surface area contributed by atoms with E-state index in [0.717, 1.165) is 17.3 Å². The molecule has 1 fully saturated rings. The van der Waals surface area contributed by atoms with Crippen LogP contribution in [0.25, 0.3) is 0 Å². The highest BCUT2D eigenvalue weighted by Gasteiger charge is 2.37. The quantitative estimate of drug-likeness (QED) is 0.855. The minimum Gasteiger partial charge on any atom is -0.365 e. The highest BCUT2D eigenvalue weighted by molar-refractivity contribution is 5.96. The predicted molar refractivity (Wildman–Crippen MR) is 84.5 cm³/mol. The van der Waals surface area contributed by atoms with E-state index in [0.29, 0.717) is 31.1 Å². The molecule has 1 aromatic rings. The summed E-state index contributed by atoms with van der Waals surface area (Å²) in [5, 5.41) is 2.81. The molecule has 1 aromatic carbocycles. The summed E-state index contributed by atoms with van der Waals surface area (Å²) in [5.74, 6) is -2.22. The van der Waals surface area contributed by atoms with E-state index < -0.39 is 18.0 Å². The Kier molecular flexibility index (Phi) is 5.31. The van der Waals surface area contributed by atoms with Crippen molar-refractivity contribution in [2.75, 3.05) is 11.9 Å². The molecule has 1 aliphatic heterocycles. The number of alkyl halides is 3. The lowest BCUT2D eigenvalue weighted by Crippen LogP contribution is -2.37. The third-order valence-corrected chi connectivity index (χ3v) is 3.93. The molecule has 1 heterocycles. The summed E-state index contributed by atoms with van der Waals surface area (Å²) < 4.78 is 36.7. The Morgan fingerprint density at radius 3 is 2.62 bits per heavy atom. The highest BCUT2D eigenvalue weighted by Crippen LogP contribution is 2.23. The van der Waals surface area contributed by atoms with Crippen molar-refractivity contribution >= 4 is 17.4 Å². The molecular formula is C17H19F3N2O2. The van der Waals surface area contributed by atoms with Gasteiger partial charge in [-0.05, 0) is 38.3 Å². The average Bonchev–Trinajstić information content (AvgIpc) is 2.95. The number of aryl methyl sites for hydroxylation is 2. The van der Waals surface area contributed by atoms with E-state index in [4.69, 9.17) is 0 Å². The number of nitrogens with one attached hydrogen (secondary N) is 1. The summed E-state index contributed by atoms with van der Waals surface area (Å²) in [6.07, 6.45) is -2.15. The second-order valence-corrected chi connectivity index (χ2v) is 5.88. The van der Waals surface area contributed by atoms with Gasteiger partial charge in [0.2, 0.25) is 5.91 Å². The van der Waals surface area contributed by atoms with Gasteiger partial charge in [-0.15, -0.1) is 0 Å². The first-order chi connectivity index (χ1) is 11.2.